The van der Waals surface area contributed by atoms with Crippen LogP contribution < -0.4 is 0 Å². The molecule has 0 aliphatic carbocycles. The Hall–Kier alpha value is -0.950. The summed E-state index contributed by atoms with van der Waals surface area (Å²) in [5.74, 6) is 0. The normalized spacial score (nSPS) is 11.5. The number of hydrogen-bond donors (Lipinski definition) is 0. The molecule has 2 heteroatoms. The molecule has 0 bridgehead atoms. The Kier molecular flexibility index (Phi) is 3.01. The van der Waals surface area contributed by atoms with Crippen molar-refractivity contribution in [1.29, 1.82) is 0 Å². The van der Waals surface area contributed by atoms with Crippen molar-refractivity contribution in [2.24, 2.45) is 0 Å². The van der Waals surface area contributed by atoms with Gasteiger partial charge >= 0.3 is 0 Å². The van der Waals surface area contributed by atoms with Gasteiger partial charge in [0.1, 0.15) is 0 Å². The first-order valence-electron chi connectivity index (χ1n) is 5.53. The Balaban J connectivity index is 2.61. The molecule has 0 radical (unpaired) electrons. The van der Waals surface area contributed by atoms with Crippen LogP contribution in [0.4, 0.5) is 0 Å². The van der Waals surface area contributed by atoms with Crippen molar-refractivity contribution in [2.45, 2.75) is 32.7 Å². The van der Waals surface area contributed by atoms with Crippen LogP contribution in [-0.4, -0.2) is 4.57 Å². The number of nitrogens with zero attached hydrogens (tertiary/aromatic N) is 1. The molecule has 1 aromatic carbocycles. The first-order chi connectivity index (χ1) is 7.27. The van der Waals surface area contributed by atoms with Crippen LogP contribution in [0.25, 0.3) is 10.9 Å². The maximum absolute atomic E-state index is 6.24. The van der Waals surface area contributed by atoms with Crippen LogP contribution in [0, 0.1) is 0 Å². The Labute approximate surface area is 95.7 Å². The average molecular weight is 222 g/mol. The van der Waals surface area contributed by atoms with E-state index >= 15 is 0 Å². The van der Waals surface area contributed by atoms with E-state index in [0.717, 1.165) is 17.9 Å². The lowest BCUT2D eigenvalue weighted by atomic mass is 10.1. The molecule has 1 nitrogen and oxygen atoms in total. The standard InChI is InChI=1S/C13H16ClN/c1-3-11(4-2)15-9-8-10-6-5-7-12(14)13(10)15/h5-9,11H,3-4H2,1-2H3. The van der Waals surface area contributed by atoms with Crippen molar-refractivity contribution in [2.75, 3.05) is 0 Å². The Morgan fingerprint density at radius 3 is 2.60 bits per heavy atom. The zero-order chi connectivity index (χ0) is 10.8. The molecule has 0 aliphatic heterocycles. The van der Waals surface area contributed by atoms with Crippen molar-refractivity contribution in [1.82, 2.24) is 4.57 Å². The molecule has 80 valence electrons. The predicted octanol–water partition coefficient (Wildman–Crippen LogP) is 4.66. The van der Waals surface area contributed by atoms with E-state index in [1.54, 1.807) is 0 Å². The van der Waals surface area contributed by atoms with Crippen LogP contribution in [-0.2, 0) is 0 Å². The molecule has 0 fully saturated rings. The summed E-state index contributed by atoms with van der Waals surface area (Å²) in [7, 11) is 0. The molecule has 0 atom stereocenters. The molecule has 0 spiro atoms. The molecule has 0 N–H and O–H groups in total. The molecule has 15 heavy (non-hydrogen) atoms. The fraction of sp³-hybridized carbons (Fsp3) is 0.385. The van der Waals surface area contributed by atoms with Gasteiger partial charge in [0.2, 0.25) is 0 Å². The van der Waals surface area contributed by atoms with Crippen LogP contribution in [0.1, 0.15) is 32.7 Å². The van der Waals surface area contributed by atoms with Crippen LogP contribution in [0.5, 0.6) is 0 Å². The van der Waals surface area contributed by atoms with Gasteiger partial charge in [0.05, 0.1) is 10.5 Å². The molecule has 0 aliphatic rings. The Bertz CT molecular complexity index is 455. The molecule has 2 aromatic rings. The first-order valence-corrected chi connectivity index (χ1v) is 5.90. The average Bonchev–Trinajstić information content (AvgIpc) is 2.66. The second kappa shape index (κ2) is 4.28. The van der Waals surface area contributed by atoms with Gasteiger partial charge in [-0.25, -0.2) is 0 Å². The third kappa shape index (κ3) is 1.76. The number of benzene rings is 1. The minimum absolute atomic E-state index is 0.558. The van der Waals surface area contributed by atoms with Gasteiger partial charge in [-0.05, 0) is 25.0 Å². The summed E-state index contributed by atoms with van der Waals surface area (Å²) >= 11 is 6.24. The van der Waals surface area contributed by atoms with Gasteiger partial charge in [0.25, 0.3) is 0 Å². The van der Waals surface area contributed by atoms with E-state index in [2.05, 4.69) is 36.7 Å². The summed E-state index contributed by atoms with van der Waals surface area (Å²) in [6.45, 7) is 4.44. The largest absolute Gasteiger partial charge is 0.343 e. The second-order valence-corrected chi connectivity index (χ2v) is 4.28. The molecule has 0 saturated heterocycles. The fourth-order valence-corrected chi connectivity index (χ4v) is 2.44. The SMILES string of the molecule is CCC(CC)n1ccc2cccc(Cl)c21. The summed E-state index contributed by atoms with van der Waals surface area (Å²) in [6, 6.07) is 8.77. The van der Waals surface area contributed by atoms with Crippen LogP contribution >= 0.6 is 11.6 Å². The van der Waals surface area contributed by atoms with E-state index < -0.39 is 0 Å². The lowest BCUT2D eigenvalue weighted by Crippen LogP contribution is -2.05. The third-order valence-corrected chi connectivity index (χ3v) is 3.33. The van der Waals surface area contributed by atoms with E-state index in [-0.39, 0.29) is 0 Å². The number of rotatable bonds is 3. The number of halogens is 1. The van der Waals surface area contributed by atoms with E-state index in [1.165, 1.54) is 10.9 Å². The quantitative estimate of drug-likeness (QED) is 0.711. The topological polar surface area (TPSA) is 4.93 Å². The van der Waals surface area contributed by atoms with Crippen molar-refractivity contribution >= 4 is 22.5 Å². The number of para-hydroxylation sites is 1. The highest BCUT2D eigenvalue weighted by Crippen LogP contribution is 2.29. The molecule has 1 aromatic heterocycles. The summed E-state index contributed by atoms with van der Waals surface area (Å²) in [4.78, 5) is 0. The van der Waals surface area contributed by atoms with E-state index in [1.807, 2.05) is 12.1 Å². The predicted molar refractivity (Wildman–Crippen MR) is 66.6 cm³/mol. The molecule has 0 amide bonds. The summed E-state index contributed by atoms with van der Waals surface area (Å²) in [5.41, 5.74) is 1.17. The third-order valence-electron chi connectivity index (χ3n) is 3.03. The molecular formula is C13H16ClN. The van der Waals surface area contributed by atoms with Gasteiger partial charge in [-0.3, -0.25) is 0 Å². The molecule has 1 heterocycles. The Morgan fingerprint density at radius 2 is 1.93 bits per heavy atom. The van der Waals surface area contributed by atoms with E-state index in [9.17, 15) is 0 Å². The monoisotopic (exact) mass is 221 g/mol. The summed E-state index contributed by atoms with van der Waals surface area (Å²) < 4.78 is 2.30. The first kappa shape index (κ1) is 10.6. The lowest BCUT2D eigenvalue weighted by molar-refractivity contribution is 0.486. The molecule has 0 saturated carbocycles. The van der Waals surface area contributed by atoms with Crippen LogP contribution in [0.15, 0.2) is 30.5 Å². The van der Waals surface area contributed by atoms with Gasteiger partial charge in [-0.15, -0.1) is 0 Å². The fourth-order valence-electron chi connectivity index (χ4n) is 2.16. The van der Waals surface area contributed by atoms with Crippen molar-refractivity contribution < 1.29 is 0 Å². The highest BCUT2D eigenvalue weighted by atomic mass is 35.5. The van der Waals surface area contributed by atoms with Crippen molar-refractivity contribution in [3.05, 3.63) is 35.5 Å². The highest BCUT2D eigenvalue weighted by Gasteiger charge is 2.11. The Morgan fingerprint density at radius 1 is 1.20 bits per heavy atom. The van der Waals surface area contributed by atoms with Crippen LogP contribution in [0.2, 0.25) is 5.02 Å². The maximum Gasteiger partial charge on any atom is 0.0672 e. The maximum atomic E-state index is 6.24. The number of fused-ring (bicyclic) bond motifs is 1. The molecular weight excluding hydrogens is 206 g/mol. The second-order valence-electron chi connectivity index (χ2n) is 3.87. The number of hydrogen-bond acceptors (Lipinski definition) is 0. The van der Waals surface area contributed by atoms with Gasteiger partial charge < -0.3 is 4.57 Å². The summed E-state index contributed by atoms with van der Waals surface area (Å²) in [6.07, 6.45) is 4.44. The minimum atomic E-state index is 0.558. The molecule has 2 rings (SSSR count). The zero-order valence-electron chi connectivity index (χ0n) is 9.20. The molecule has 0 unspecified atom stereocenters. The number of aromatic nitrogens is 1. The van der Waals surface area contributed by atoms with Crippen LogP contribution in [0.3, 0.4) is 0 Å². The van der Waals surface area contributed by atoms with E-state index in [4.69, 9.17) is 11.6 Å². The van der Waals surface area contributed by atoms with Gasteiger partial charge in [-0.2, -0.15) is 0 Å². The minimum Gasteiger partial charge on any atom is -0.343 e. The van der Waals surface area contributed by atoms with Crippen molar-refractivity contribution in [3.63, 3.8) is 0 Å². The lowest BCUT2D eigenvalue weighted by Gasteiger charge is -2.16. The smallest absolute Gasteiger partial charge is 0.0672 e. The van der Waals surface area contributed by atoms with Gasteiger partial charge in [0, 0.05) is 17.6 Å². The van der Waals surface area contributed by atoms with Gasteiger partial charge in [-0.1, -0.05) is 37.6 Å². The van der Waals surface area contributed by atoms with Gasteiger partial charge in [0.15, 0.2) is 0 Å². The zero-order valence-corrected chi connectivity index (χ0v) is 9.96. The van der Waals surface area contributed by atoms with Crippen molar-refractivity contribution in [3.8, 4) is 0 Å². The summed E-state index contributed by atoms with van der Waals surface area (Å²) in [5, 5.41) is 2.08. The van der Waals surface area contributed by atoms with E-state index in [0.29, 0.717) is 6.04 Å². The highest BCUT2D eigenvalue weighted by molar-refractivity contribution is 6.35.